The Hall–Kier alpha value is -3.29. The number of aromatic nitrogens is 4. The highest BCUT2D eigenvalue weighted by Crippen LogP contribution is 2.36. The molecule has 0 N–H and O–H groups in total. The van der Waals surface area contributed by atoms with Gasteiger partial charge in [0.2, 0.25) is 0 Å². The van der Waals surface area contributed by atoms with E-state index in [0.29, 0.717) is 33.9 Å². The molecule has 0 saturated heterocycles. The Kier molecular flexibility index (Phi) is 3.91. The second kappa shape index (κ2) is 6.15. The number of nitrogens with zero attached hydrogens (tertiary/aromatic N) is 4. The van der Waals surface area contributed by atoms with Gasteiger partial charge in [-0.25, -0.2) is 18.9 Å². The Labute approximate surface area is 151 Å². The summed E-state index contributed by atoms with van der Waals surface area (Å²) in [5.74, 6) is 0.102. The molecule has 4 nitrogen and oxygen atoms in total. The number of fused-ring (bicyclic) bond motifs is 1. The zero-order valence-electron chi connectivity index (χ0n) is 14.0. The third kappa shape index (κ3) is 3.14. The van der Waals surface area contributed by atoms with Crippen molar-refractivity contribution in [2.24, 2.45) is 0 Å². The fourth-order valence-corrected chi connectivity index (χ4v) is 2.87. The predicted molar refractivity (Wildman–Crippen MR) is 91.4 cm³/mol. The van der Waals surface area contributed by atoms with E-state index in [2.05, 4.69) is 15.1 Å². The van der Waals surface area contributed by atoms with Crippen LogP contribution in [0.3, 0.4) is 0 Å². The van der Waals surface area contributed by atoms with Gasteiger partial charge in [-0.2, -0.15) is 18.3 Å². The number of hydrogen-bond donors (Lipinski definition) is 0. The van der Waals surface area contributed by atoms with Gasteiger partial charge in [0.25, 0.3) is 0 Å². The highest BCUT2D eigenvalue weighted by atomic mass is 19.4. The van der Waals surface area contributed by atoms with Crippen LogP contribution in [0.1, 0.15) is 11.4 Å². The lowest BCUT2D eigenvalue weighted by Crippen LogP contribution is -2.06. The molecule has 0 amide bonds. The van der Waals surface area contributed by atoms with Crippen LogP contribution in [0.15, 0.2) is 54.9 Å². The van der Waals surface area contributed by atoms with E-state index in [1.54, 1.807) is 19.2 Å². The van der Waals surface area contributed by atoms with Crippen LogP contribution in [0.25, 0.3) is 28.0 Å². The van der Waals surface area contributed by atoms with E-state index in [0.717, 1.165) is 12.3 Å². The molecule has 0 saturated carbocycles. The summed E-state index contributed by atoms with van der Waals surface area (Å²) in [6.07, 6.45) is -1.98. The van der Waals surface area contributed by atoms with E-state index in [4.69, 9.17) is 0 Å². The van der Waals surface area contributed by atoms with Crippen molar-refractivity contribution in [2.75, 3.05) is 0 Å². The first-order chi connectivity index (χ1) is 12.8. The van der Waals surface area contributed by atoms with Crippen LogP contribution in [0.5, 0.6) is 0 Å². The lowest BCUT2D eigenvalue weighted by molar-refractivity contribution is -0.137. The van der Waals surface area contributed by atoms with E-state index in [-0.39, 0.29) is 0 Å². The average Bonchev–Trinajstić information content (AvgIpc) is 3.00. The normalized spacial score (nSPS) is 11.9. The first-order valence-corrected chi connectivity index (χ1v) is 7.98. The number of rotatable bonds is 2. The maximum absolute atomic E-state index is 13.3. The summed E-state index contributed by atoms with van der Waals surface area (Å²) < 4.78 is 53.7. The van der Waals surface area contributed by atoms with E-state index in [1.807, 2.05) is 0 Å². The van der Waals surface area contributed by atoms with Gasteiger partial charge in [-0.15, -0.1) is 0 Å². The lowest BCUT2D eigenvalue weighted by atomic mass is 10.0. The molecule has 0 aliphatic rings. The van der Waals surface area contributed by atoms with Crippen LogP contribution >= 0.6 is 0 Å². The first-order valence-electron chi connectivity index (χ1n) is 7.98. The van der Waals surface area contributed by atoms with Crippen molar-refractivity contribution in [1.82, 2.24) is 19.6 Å². The molecule has 0 fully saturated rings. The maximum atomic E-state index is 13.3. The Bertz CT molecular complexity index is 1130. The van der Waals surface area contributed by atoms with E-state index in [1.165, 1.54) is 34.8 Å². The molecule has 136 valence electrons. The quantitative estimate of drug-likeness (QED) is 0.469. The number of pyridine rings is 1. The third-order valence-corrected chi connectivity index (χ3v) is 4.11. The van der Waals surface area contributed by atoms with Gasteiger partial charge in [-0.1, -0.05) is 0 Å². The van der Waals surface area contributed by atoms with Crippen molar-refractivity contribution in [3.05, 3.63) is 72.1 Å². The van der Waals surface area contributed by atoms with Gasteiger partial charge in [0, 0.05) is 18.0 Å². The molecule has 8 heteroatoms. The molecule has 0 spiro atoms. The largest absolute Gasteiger partial charge is 0.417 e. The van der Waals surface area contributed by atoms with Gasteiger partial charge < -0.3 is 0 Å². The van der Waals surface area contributed by atoms with Crippen molar-refractivity contribution in [1.29, 1.82) is 0 Å². The van der Waals surface area contributed by atoms with Gasteiger partial charge in [0.1, 0.15) is 17.3 Å². The molecular weight excluding hydrogens is 360 g/mol. The maximum Gasteiger partial charge on any atom is 0.417 e. The zero-order valence-corrected chi connectivity index (χ0v) is 14.0. The Balaban J connectivity index is 2.02. The molecular formula is C19H12F4N4. The molecule has 27 heavy (non-hydrogen) atoms. The highest BCUT2D eigenvalue weighted by molar-refractivity contribution is 5.90. The summed E-state index contributed by atoms with van der Waals surface area (Å²) in [4.78, 5) is 8.43. The van der Waals surface area contributed by atoms with E-state index < -0.39 is 17.6 Å². The second-order valence-corrected chi connectivity index (χ2v) is 5.96. The zero-order chi connectivity index (χ0) is 19.2. The van der Waals surface area contributed by atoms with Crippen LogP contribution in [0.4, 0.5) is 17.6 Å². The molecule has 0 unspecified atom stereocenters. The number of benzene rings is 1. The Morgan fingerprint density at radius 3 is 2.37 bits per heavy atom. The van der Waals surface area contributed by atoms with Gasteiger partial charge in [0.05, 0.1) is 22.3 Å². The van der Waals surface area contributed by atoms with Crippen LogP contribution in [-0.2, 0) is 6.18 Å². The van der Waals surface area contributed by atoms with Gasteiger partial charge in [-0.05, 0) is 49.4 Å². The van der Waals surface area contributed by atoms with E-state index in [9.17, 15) is 17.6 Å². The molecule has 0 bridgehead atoms. The molecule has 3 heterocycles. The number of aryl methyl sites for hydroxylation is 1. The van der Waals surface area contributed by atoms with Crippen LogP contribution in [0.2, 0.25) is 0 Å². The number of hydrogen-bond acceptors (Lipinski definition) is 3. The minimum atomic E-state index is -4.48. The fraction of sp³-hybridized carbons (Fsp3) is 0.105. The van der Waals surface area contributed by atoms with Gasteiger partial charge >= 0.3 is 6.18 Å². The summed E-state index contributed by atoms with van der Waals surface area (Å²) in [6.45, 7) is 1.72. The topological polar surface area (TPSA) is 43.1 Å². The van der Waals surface area contributed by atoms with Crippen molar-refractivity contribution >= 4 is 5.52 Å². The molecule has 0 radical (unpaired) electrons. The van der Waals surface area contributed by atoms with Crippen molar-refractivity contribution in [2.45, 2.75) is 13.1 Å². The number of halogens is 4. The molecule has 4 rings (SSSR count). The summed E-state index contributed by atoms with van der Waals surface area (Å²) in [5.41, 5.74) is 1.71. The van der Waals surface area contributed by atoms with Gasteiger partial charge in [0.15, 0.2) is 0 Å². The minimum absolute atomic E-state index is 0.410. The lowest BCUT2D eigenvalue weighted by Gasteiger charge is -2.07. The van der Waals surface area contributed by atoms with Gasteiger partial charge in [-0.3, -0.25) is 0 Å². The SMILES string of the molecule is Cc1nccc(-c2c(-c3ccc(F)cc3)nn3cc(C(F)(F)F)ccc23)n1. The second-order valence-electron chi connectivity index (χ2n) is 5.96. The predicted octanol–water partition coefficient (Wildman–Crippen LogP) is 4.92. The van der Waals surface area contributed by atoms with Crippen molar-refractivity contribution in [3.63, 3.8) is 0 Å². The van der Waals surface area contributed by atoms with Crippen LogP contribution in [-0.4, -0.2) is 19.6 Å². The number of alkyl halides is 3. The summed E-state index contributed by atoms with van der Waals surface area (Å²) in [5, 5.41) is 4.33. The van der Waals surface area contributed by atoms with Crippen molar-refractivity contribution < 1.29 is 17.6 Å². The average molecular weight is 372 g/mol. The summed E-state index contributed by atoms with van der Waals surface area (Å²) in [6, 6.07) is 9.62. The standard InChI is InChI=1S/C19H12F4N4/c1-11-24-9-8-15(25-11)17-16-7-4-13(19(21,22)23)10-27(16)26-18(17)12-2-5-14(20)6-3-12/h2-10H,1H3. The summed E-state index contributed by atoms with van der Waals surface area (Å²) >= 11 is 0. The summed E-state index contributed by atoms with van der Waals surface area (Å²) in [7, 11) is 0. The molecule has 3 aromatic heterocycles. The van der Waals surface area contributed by atoms with Crippen LogP contribution in [0, 0.1) is 12.7 Å². The highest BCUT2D eigenvalue weighted by Gasteiger charge is 2.31. The Morgan fingerprint density at radius 1 is 0.963 bits per heavy atom. The third-order valence-electron chi connectivity index (χ3n) is 4.11. The molecule has 1 aromatic carbocycles. The molecule has 0 atom stereocenters. The van der Waals surface area contributed by atoms with E-state index >= 15 is 0 Å². The molecule has 0 aliphatic carbocycles. The smallest absolute Gasteiger partial charge is 0.242 e. The van der Waals surface area contributed by atoms with Crippen LogP contribution < -0.4 is 0 Å². The minimum Gasteiger partial charge on any atom is -0.242 e. The first kappa shape index (κ1) is 17.1. The Morgan fingerprint density at radius 2 is 1.70 bits per heavy atom. The van der Waals surface area contributed by atoms with Crippen molar-refractivity contribution in [3.8, 4) is 22.5 Å². The molecule has 4 aromatic rings. The monoisotopic (exact) mass is 372 g/mol. The fourth-order valence-electron chi connectivity index (χ4n) is 2.87. The molecule has 0 aliphatic heterocycles.